The first kappa shape index (κ1) is 38.6. The fourth-order valence-corrected chi connectivity index (χ4v) is 10.5. The summed E-state index contributed by atoms with van der Waals surface area (Å²) in [5.41, 5.74) is 0.570. The number of halogens is 2. The molecule has 0 bridgehead atoms. The van der Waals surface area contributed by atoms with Gasteiger partial charge in [0.25, 0.3) is 5.91 Å². The second kappa shape index (κ2) is 14.8. The van der Waals surface area contributed by atoms with E-state index in [1.54, 1.807) is 29.3 Å². The van der Waals surface area contributed by atoms with Crippen molar-refractivity contribution in [1.29, 1.82) is 0 Å². The van der Waals surface area contributed by atoms with Gasteiger partial charge in [-0.1, -0.05) is 55.2 Å². The molecule has 5 rings (SSSR count). The Morgan fingerprint density at radius 3 is 2.27 bits per heavy atom. The number of sulfone groups is 1. The summed E-state index contributed by atoms with van der Waals surface area (Å²) in [6.45, 7) is 4.51. The largest absolute Gasteiger partial charge is 0.480 e. The Kier molecular flexibility index (Phi) is 11.2. The van der Waals surface area contributed by atoms with Crippen LogP contribution in [0.4, 0.5) is 5.69 Å². The number of hydrogen-bond donors (Lipinski definition) is 3. The molecule has 0 aliphatic carbocycles. The number of nitrogens with one attached hydrogen (secondary N) is 2. The number of carboxylic acid groups (broad SMARTS) is 1. The Morgan fingerprint density at radius 2 is 1.67 bits per heavy atom. The van der Waals surface area contributed by atoms with Crippen LogP contribution in [0.3, 0.4) is 0 Å². The highest BCUT2D eigenvalue weighted by Crippen LogP contribution is 2.43. The van der Waals surface area contributed by atoms with Crippen LogP contribution in [0.2, 0.25) is 10.0 Å². The van der Waals surface area contributed by atoms with Gasteiger partial charge in [-0.2, -0.15) is 8.42 Å². The third-order valence-electron chi connectivity index (χ3n) is 9.36. The number of hydrogen-bond acceptors (Lipinski definition) is 9. The van der Waals surface area contributed by atoms with Gasteiger partial charge in [-0.3, -0.25) is 14.6 Å². The highest BCUT2D eigenvalue weighted by Gasteiger charge is 2.58. The summed E-state index contributed by atoms with van der Waals surface area (Å²) in [6.07, 6.45) is 5.61. The van der Waals surface area contributed by atoms with E-state index in [1.165, 1.54) is 30.6 Å². The minimum atomic E-state index is -4.30. The molecule has 3 N–H and O–H groups in total. The molecule has 2 amide bonds. The van der Waals surface area contributed by atoms with E-state index in [0.717, 1.165) is 18.7 Å². The van der Waals surface area contributed by atoms with Gasteiger partial charge in [0.15, 0.2) is 9.84 Å². The molecule has 274 valence electrons. The first-order chi connectivity index (χ1) is 23.8. The number of pyridine rings is 1. The third kappa shape index (κ3) is 8.23. The summed E-state index contributed by atoms with van der Waals surface area (Å²) in [7, 11) is -8.01. The molecule has 3 heterocycles. The van der Waals surface area contributed by atoms with E-state index in [2.05, 4.69) is 15.6 Å². The monoisotopic (exact) mass is 780 g/mol. The van der Waals surface area contributed by atoms with Crippen LogP contribution >= 0.6 is 23.2 Å². The molecule has 2 aliphatic rings. The fourth-order valence-electron chi connectivity index (χ4n) is 6.96. The summed E-state index contributed by atoms with van der Waals surface area (Å²) in [5, 5.41) is 17.3. The second-order valence-corrected chi connectivity index (χ2v) is 18.7. The van der Waals surface area contributed by atoms with Crippen molar-refractivity contribution in [2.75, 3.05) is 31.2 Å². The molecule has 2 saturated heterocycles. The number of benzene rings is 2. The van der Waals surface area contributed by atoms with E-state index in [9.17, 15) is 36.3 Å². The van der Waals surface area contributed by atoms with Gasteiger partial charge in [-0.25, -0.2) is 13.2 Å². The van der Waals surface area contributed by atoms with Gasteiger partial charge in [0.05, 0.1) is 20.5 Å². The summed E-state index contributed by atoms with van der Waals surface area (Å²) in [6, 6.07) is 9.35. The van der Waals surface area contributed by atoms with Gasteiger partial charge in [0.2, 0.25) is 5.91 Å². The summed E-state index contributed by atoms with van der Waals surface area (Å²) >= 11 is 12.2. The molecular weight excluding hydrogens is 741 g/mol. The van der Waals surface area contributed by atoms with Crippen molar-refractivity contribution < 1.29 is 40.3 Å². The minimum Gasteiger partial charge on any atom is -0.480 e. The number of carboxylic acids is 1. The zero-order chi connectivity index (χ0) is 37.4. The molecule has 1 aromatic heterocycles. The van der Waals surface area contributed by atoms with Crippen LogP contribution in [-0.2, 0) is 35.9 Å². The predicted molar refractivity (Wildman–Crippen MR) is 191 cm³/mol. The Balaban J connectivity index is 1.37. The molecule has 2 fully saturated rings. The molecule has 0 radical (unpaired) electrons. The van der Waals surface area contributed by atoms with Crippen molar-refractivity contribution in [3.05, 3.63) is 82.1 Å². The normalized spacial score (nSPS) is 21.5. The highest BCUT2D eigenvalue weighted by atomic mass is 35.5. The van der Waals surface area contributed by atoms with Crippen molar-refractivity contribution in [1.82, 2.24) is 15.3 Å². The lowest BCUT2D eigenvalue weighted by Gasteiger charge is -2.50. The van der Waals surface area contributed by atoms with Crippen molar-refractivity contribution in [2.45, 2.75) is 67.8 Å². The van der Waals surface area contributed by atoms with E-state index in [0.29, 0.717) is 30.5 Å². The number of carbonyl (C=O) groups excluding carboxylic acids is 2. The average molecular weight is 782 g/mol. The number of aromatic nitrogens is 1. The molecular formula is C34H40Cl2N5O8S2+. The minimum absolute atomic E-state index is 0.0550. The van der Waals surface area contributed by atoms with Crippen molar-refractivity contribution in [3.63, 3.8) is 0 Å². The zero-order valence-corrected chi connectivity index (χ0v) is 31.4. The first-order valence-electron chi connectivity index (χ1n) is 16.3. The summed E-state index contributed by atoms with van der Waals surface area (Å²) in [4.78, 5) is 42.7. The van der Waals surface area contributed by atoms with Crippen LogP contribution in [0.5, 0.6) is 0 Å². The van der Waals surface area contributed by atoms with Crippen LogP contribution in [0, 0.1) is 5.41 Å². The van der Waals surface area contributed by atoms with Crippen LogP contribution in [-0.4, -0.2) is 91.7 Å². The smallest absolute Gasteiger partial charge is 0.345 e. The Bertz CT molecular complexity index is 2040. The van der Waals surface area contributed by atoms with Crippen LogP contribution in [0.25, 0.3) is 0 Å². The molecule has 2 aromatic carbocycles. The highest BCUT2D eigenvalue weighted by molar-refractivity contribution is 7.90. The van der Waals surface area contributed by atoms with E-state index < -0.39 is 59.1 Å². The second-order valence-electron chi connectivity index (χ2n) is 13.8. The van der Waals surface area contributed by atoms with Crippen molar-refractivity contribution in [2.24, 2.45) is 5.41 Å². The van der Waals surface area contributed by atoms with Gasteiger partial charge < -0.3 is 15.7 Å². The van der Waals surface area contributed by atoms with Gasteiger partial charge in [-0.15, -0.1) is 9.01 Å². The SMILES string of the molecule is CC1(C)CCC[N+](N2CCCC2C(=O)NC(Cc2ccc(NC(=O)c3c(Cl)cncc3Cl)cc2)C(=O)O)(S(=O)(=O)c2cccc(S(C)(=O)=O)c2)C1. The molecule has 2 aliphatic heterocycles. The lowest BCUT2D eigenvalue weighted by Crippen LogP contribution is -2.70. The van der Waals surface area contributed by atoms with E-state index in [1.807, 2.05) is 13.8 Å². The number of sulfonamides is 1. The number of aliphatic carboxylic acids is 1. The van der Waals surface area contributed by atoms with E-state index in [-0.39, 0.29) is 51.5 Å². The third-order valence-corrected chi connectivity index (χ3v) is 13.3. The lowest BCUT2D eigenvalue weighted by atomic mass is 9.85. The predicted octanol–water partition coefficient (Wildman–Crippen LogP) is 4.56. The number of nitrogens with zero attached hydrogens (tertiary/aromatic N) is 3. The number of rotatable bonds is 11. The number of piperidine rings is 1. The van der Waals surface area contributed by atoms with Gasteiger partial charge in [-0.05, 0) is 55.2 Å². The number of carbonyl (C=O) groups is 3. The van der Waals surface area contributed by atoms with Crippen LogP contribution in [0.15, 0.2) is 70.7 Å². The van der Waals surface area contributed by atoms with E-state index >= 15 is 0 Å². The van der Waals surface area contributed by atoms with Gasteiger partial charge in [0.1, 0.15) is 30.1 Å². The van der Waals surface area contributed by atoms with E-state index in [4.69, 9.17) is 23.2 Å². The first-order valence-corrected chi connectivity index (χ1v) is 20.4. The maximum absolute atomic E-state index is 14.7. The standard InChI is InChI=1S/C34H39Cl2N5O8S2/c1-34(2)14-6-16-41(21-34,51(48,49)25-8-4-7-24(18-25)50(3,46)47)40-15-5-9-29(40)31(42)39-28(33(44)45)17-22-10-12-23(13-11-22)38-32(43)30-26(35)19-37-20-27(30)36/h4,7-8,10-13,18-20,28-29H,5-6,9,14-17,21H2,1-3H3,(H2-,38,39,42,43,44,45)/p+1. The van der Waals surface area contributed by atoms with Crippen molar-refractivity contribution >= 4 is 66.5 Å². The zero-order valence-electron chi connectivity index (χ0n) is 28.3. The van der Waals surface area contributed by atoms with Crippen LogP contribution < -0.4 is 10.6 Å². The Hall–Kier alpha value is -3.60. The maximum atomic E-state index is 14.7. The average Bonchev–Trinajstić information content (AvgIpc) is 3.55. The quantitative estimate of drug-likeness (QED) is 0.234. The van der Waals surface area contributed by atoms with Crippen LogP contribution in [0.1, 0.15) is 55.5 Å². The maximum Gasteiger partial charge on any atom is 0.345 e. The molecule has 51 heavy (non-hydrogen) atoms. The molecule has 13 nitrogen and oxygen atoms in total. The fraction of sp³-hybridized carbons (Fsp3) is 0.412. The topological polar surface area (TPSA) is 180 Å². The van der Waals surface area contributed by atoms with Gasteiger partial charge in [0, 0.05) is 49.1 Å². The Morgan fingerprint density at radius 1 is 1.02 bits per heavy atom. The Labute approximate surface area is 307 Å². The molecule has 0 saturated carbocycles. The molecule has 3 unspecified atom stereocenters. The molecule has 3 aromatic rings. The summed E-state index contributed by atoms with van der Waals surface area (Å²) in [5.74, 6) is -2.45. The number of quaternary nitrogens is 1. The lowest BCUT2D eigenvalue weighted by molar-refractivity contribution is -0.939. The summed E-state index contributed by atoms with van der Waals surface area (Å²) < 4.78 is 53.5. The van der Waals surface area contributed by atoms with Crippen molar-refractivity contribution in [3.8, 4) is 0 Å². The molecule has 0 spiro atoms. The van der Waals surface area contributed by atoms with Gasteiger partial charge >= 0.3 is 16.0 Å². The number of amides is 2. The molecule has 3 atom stereocenters. The number of anilines is 1. The molecule has 17 heteroatoms.